The van der Waals surface area contributed by atoms with Crippen LogP contribution in [-0.4, -0.2) is 118 Å². The van der Waals surface area contributed by atoms with Crippen molar-refractivity contribution < 1.29 is 51.6 Å². The third kappa shape index (κ3) is 7.82. The molecule has 4 rings (SSSR count). The Morgan fingerprint density at radius 1 is 1.17 bits per heavy atom. The molecular weight excluding hydrogens is 635 g/mol. The summed E-state index contributed by atoms with van der Waals surface area (Å²) in [6.45, 7) is 5.14. The minimum Gasteiger partial charge on any atom is -0.463 e. The van der Waals surface area contributed by atoms with Crippen molar-refractivity contribution in [3.8, 4) is 11.3 Å². The van der Waals surface area contributed by atoms with Crippen LogP contribution in [0.4, 0.5) is 13.2 Å². The highest BCUT2D eigenvalue weighted by Gasteiger charge is 2.54. The van der Waals surface area contributed by atoms with Crippen LogP contribution in [0.1, 0.15) is 39.7 Å². The number of hydrogen-bond acceptors (Lipinski definition) is 12. The summed E-state index contributed by atoms with van der Waals surface area (Å²) in [5.74, 6) is -6.18. The first kappa shape index (κ1) is 35.6. The van der Waals surface area contributed by atoms with E-state index in [1.165, 1.54) is 36.7 Å². The molecule has 0 spiro atoms. The molecule has 46 heavy (non-hydrogen) atoms. The number of aromatic nitrogens is 3. The van der Waals surface area contributed by atoms with E-state index in [4.69, 9.17) is 18.9 Å². The number of halogens is 3. The maximum absolute atomic E-state index is 14.1. The molecule has 17 heteroatoms. The molecular formula is C29H38F3N5O8S. The first-order valence-corrected chi connectivity index (χ1v) is 15.6. The number of carbonyl (C=O) groups excluding carboxylic acids is 3. The van der Waals surface area contributed by atoms with Gasteiger partial charge in [0, 0.05) is 40.1 Å². The lowest BCUT2D eigenvalue weighted by molar-refractivity contribution is -0.208. The zero-order valence-electron chi connectivity index (χ0n) is 26.1. The molecule has 2 aromatic rings. The lowest BCUT2D eigenvalue weighted by atomic mass is 9.88. The maximum atomic E-state index is 14.1. The van der Waals surface area contributed by atoms with E-state index in [0.717, 1.165) is 23.9 Å². The minimum atomic E-state index is -1.64. The number of aliphatic hydroxyl groups is 1. The molecule has 13 nitrogen and oxygen atoms in total. The highest BCUT2D eigenvalue weighted by Crippen LogP contribution is 2.43. The summed E-state index contributed by atoms with van der Waals surface area (Å²) in [6.07, 6.45) is -1.48. The molecule has 1 amide bonds. The van der Waals surface area contributed by atoms with E-state index in [0.29, 0.717) is 19.6 Å². The monoisotopic (exact) mass is 673 g/mol. The van der Waals surface area contributed by atoms with Crippen LogP contribution in [0.2, 0.25) is 0 Å². The van der Waals surface area contributed by atoms with Gasteiger partial charge in [-0.15, -0.1) is 16.9 Å². The summed E-state index contributed by atoms with van der Waals surface area (Å²) in [7, 11) is 2.99. The Morgan fingerprint density at radius 3 is 2.39 bits per heavy atom. The van der Waals surface area contributed by atoms with Gasteiger partial charge in [0.2, 0.25) is 5.91 Å². The molecule has 1 aromatic heterocycles. The lowest BCUT2D eigenvalue weighted by Crippen LogP contribution is -2.60. The van der Waals surface area contributed by atoms with Gasteiger partial charge in [0.15, 0.2) is 23.6 Å². The van der Waals surface area contributed by atoms with Gasteiger partial charge in [-0.3, -0.25) is 14.4 Å². The molecule has 3 heterocycles. The second kappa shape index (κ2) is 15.1. The third-order valence-corrected chi connectivity index (χ3v) is 9.60. The van der Waals surface area contributed by atoms with Crippen molar-refractivity contribution in [1.29, 1.82) is 0 Å². The largest absolute Gasteiger partial charge is 0.463 e. The highest BCUT2D eigenvalue weighted by atomic mass is 32.2. The molecule has 2 saturated heterocycles. The van der Waals surface area contributed by atoms with E-state index in [1.807, 2.05) is 0 Å². The van der Waals surface area contributed by atoms with Crippen molar-refractivity contribution in [2.24, 2.45) is 0 Å². The Bertz CT molecular complexity index is 1390. The second-order valence-electron chi connectivity index (χ2n) is 11.2. The van der Waals surface area contributed by atoms with E-state index in [2.05, 4.69) is 15.6 Å². The Balaban J connectivity index is 1.80. The number of ether oxygens (including phenoxy) is 4. The number of carbonyl (C=O) groups is 3. The van der Waals surface area contributed by atoms with Gasteiger partial charge in [0.25, 0.3) is 0 Å². The quantitative estimate of drug-likeness (QED) is 0.264. The van der Waals surface area contributed by atoms with Gasteiger partial charge in [-0.2, -0.15) is 0 Å². The first-order chi connectivity index (χ1) is 21.8. The summed E-state index contributed by atoms with van der Waals surface area (Å²) in [4.78, 5) is 39.3. The van der Waals surface area contributed by atoms with Crippen LogP contribution in [0, 0.1) is 17.5 Å². The Hall–Kier alpha value is -3.25. The Labute approximate surface area is 268 Å². The molecule has 2 aliphatic rings. The maximum Gasteiger partial charge on any atom is 0.303 e. The molecule has 2 aliphatic heterocycles. The predicted octanol–water partition coefficient (Wildman–Crippen LogP) is 1.83. The van der Waals surface area contributed by atoms with E-state index < -0.39 is 70.0 Å². The van der Waals surface area contributed by atoms with E-state index in [9.17, 15) is 32.7 Å². The van der Waals surface area contributed by atoms with Crippen LogP contribution in [0.5, 0.6) is 0 Å². The standard InChI is InChI=1S/C29H38F3N5O8S/c1-6-36(4)27(40)26(29(41)7-9-33-10-8-29)46-28-25(42-5)23(24(44-16(3)39)21(45-28)14-43-15(2)38)37-13-20(34-35-37)17-11-18(30)22(32)19(31)12-17/h11-13,21,23-26,28,33,41H,6-10,14H2,1-5H3/t21-,23+,24+,25-,26?,28+/m1/s1. The van der Waals surface area contributed by atoms with Crippen molar-refractivity contribution >= 4 is 29.6 Å². The summed E-state index contributed by atoms with van der Waals surface area (Å²) in [5.41, 5.74) is -2.60. The lowest BCUT2D eigenvalue weighted by Gasteiger charge is -2.47. The summed E-state index contributed by atoms with van der Waals surface area (Å²) < 4.78 is 66.2. The van der Waals surface area contributed by atoms with E-state index >= 15 is 0 Å². The zero-order valence-corrected chi connectivity index (χ0v) is 26.9. The number of hydrogen-bond donors (Lipinski definition) is 2. The molecule has 0 aliphatic carbocycles. The summed E-state index contributed by atoms with van der Waals surface area (Å²) in [5, 5.41) is 22.1. The first-order valence-electron chi connectivity index (χ1n) is 14.7. The number of thioether (sulfide) groups is 1. The average molecular weight is 674 g/mol. The molecule has 1 unspecified atom stereocenters. The Kier molecular flexibility index (Phi) is 11.7. The number of methoxy groups -OCH3 is 1. The van der Waals surface area contributed by atoms with Crippen LogP contribution in [0.3, 0.4) is 0 Å². The van der Waals surface area contributed by atoms with Gasteiger partial charge in [0.1, 0.15) is 41.2 Å². The second-order valence-corrected chi connectivity index (χ2v) is 12.4. The van der Waals surface area contributed by atoms with Gasteiger partial charge in [-0.25, -0.2) is 17.9 Å². The van der Waals surface area contributed by atoms with Crippen LogP contribution in [-0.2, 0) is 33.3 Å². The fourth-order valence-electron chi connectivity index (χ4n) is 5.51. The number of rotatable bonds is 11. The van der Waals surface area contributed by atoms with Gasteiger partial charge in [-0.05, 0) is 45.0 Å². The average Bonchev–Trinajstić information content (AvgIpc) is 3.50. The molecule has 2 N–H and O–H groups in total. The normalized spacial score (nSPS) is 25.0. The van der Waals surface area contributed by atoms with E-state index in [-0.39, 0.29) is 36.6 Å². The predicted molar refractivity (Wildman–Crippen MR) is 158 cm³/mol. The summed E-state index contributed by atoms with van der Waals surface area (Å²) in [6, 6.07) is 0.465. The SMILES string of the molecule is CCN(C)C(=O)C(S[C@@H]1O[C@H](COC(C)=O)[C@H](OC(C)=O)[C@H](n2cc(-c3cc(F)c(F)c(F)c3)nn2)[C@H]1OC)C1(O)CCNCC1. The van der Waals surface area contributed by atoms with Crippen molar-refractivity contribution in [2.75, 3.05) is 40.4 Å². The number of benzene rings is 1. The van der Waals surface area contributed by atoms with Crippen LogP contribution in [0.15, 0.2) is 18.3 Å². The minimum absolute atomic E-state index is 0.0388. The number of nitrogens with one attached hydrogen (secondary N) is 1. The fourth-order valence-corrected chi connectivity index (χ4v) is 7.20. The van der Waals surface area contributed by atoms with Gasteiger partial charge in [-0.1, -0.05) is 5.21 Å². The molecule has 0 saturated carbocycles. The van der Waals surface area contributed by atoms with Crippen molar-refractivity contribution in [3.05, 3.63) is 35.8 Å². The van der Waals surface area contributed by atoms with Crippen LogP contribution in [0.25, 0.3) is 11.3 Å². The molecule has 2 fully saturated rings. The van der Waals surface area contributed by atoms with Crippen molar-refractivity contribution in [2.45, 2.75) is 74.3 Å². The molecule has 6 atom stereocenters. The van der Waals surface area contributed by atoms with Gasteiger partial charge in [0.05, 0.1) is 11.8 Å². The van der Waals surface area contributed by atoms with Gasteiger partial charge >= 0.3 is 11.9 Å². The topological polar surface area (TPSA) is 154 Å². The molecule has 1 aromatic carbocycles. The smallest absolute Gasteiger partial charge is 0.303 e. The zero-order chi connectivity index (χ0) is 33.8. The number of amides is 1. The van der Waals surface area contributed by atoms with Crippen molar-refractivity contribution in [1.82, 2.24) is 25.2 Å². The van der Waals surface area contributed by atoms with Gasteiger partial charge < -0.3 is 34.3 Å². The van der Waals surface area contributed by atoms with Crippen molar-refractivity contribution in [3.63, 3.8) is 0 Å². The number of nitrogens with zero attached hydrogens (tertiary/aromatic N) is 4. The van der Waals surface area contributed by atoms with Crippen LogP contribution >= 0.6 is 11.8 Å². The molecule has 0 bridgehead atoms. The van der Waals surface area contributed by atoms with E-state index in [1.54, 1.807) is 14.0 Å². The fraction of sp³-hybridized carbons (Fsp3) is 0.621. The van der Waals surface area contributed by atoms with Crippen LogP contribution < -0.4 is 5.32 Å². The highest BCUT2D eigenvalue weighted by molar-refractivity contribution is 8.01. The number of piperidine rings is 1. The molecule has 254 valence electrons. The Morgan fingerprint density at radius 2 is 1.83 bits per heavy atom. The molecule has 0 radical (unpaired) electrons. The third-order valence-electron chi connectivity index (χ3n) is 8.04. The number of esters is 2. The summed E-state index contributed by atoms with van der Waals surface area (Å²) >= 11 is 1.02.